The van der Waals surface area contributed by atoms with Crippen LogP contribution in [0.15, 0.2) is 203 Å². The van der Waals surface area contributed by atoms with Crippen molar-refractivity contribution in [2.45, 2.75) is 0 Å². The molecule has 0 aliphatic carbocycles. The number of halogens is 2. The highest BCUT2D eigenvalue weighted by atomic mass is 79.9. The molecule has 0 amide bonds. The lowest BCUT2D eigenvalue weighted by Gasteiger charge is -2.17. The molecule has 0 radical (unpaired) electrons. The van der Waals surface area contributed by atoms with Crippen LogP contribution in [0.5, 0.6) is 0 Å². The van der Waals surface area contributed by atoms with Crippen LogP contribution in [0.3, 0.4) is 0 Å². The second-order valence-corrected chi connectivity index (χ2v) is 15.4. The second kappa shape index (κ2) is 13.5. The number of rotatable bonds is 6. The molecule has 0 saturated heterocycles. The van der Waals surface area contributed by atoms with Crippen molar-refractivity contribution in [3.63, 3.8) is 0 Å². The zero-order valence-electron chi connectivity index (χ0n) is 29.1. The third-order valence-electron chi connectivity index (χ3n) is 10.5. The Morgan fingerprint density at radius 1 is 0.296 bits per heavy atom. The van der Waals surface area contributed by atoms with Gasteiger partial charge in [0.15, 0.2) is 0 Å². The molecule has 2 heterocycles. The maximum absolute atomic E-state index is 3.86. The quantitative estimate of drug-likeness (QED) is 0.158. The zero-order valence-corrected chi connectivity index (χ0v) is 32.3. The van der Waals surface area contributed by atoms with Crippen molar-refractivity contribution in [3.8, 4) is 55.9 Å². The summed E-state index contributed by atoms with van der Waals surface area (Å²) < 4.78 is 7.04. The first-order valence-corrected chi connectivity index (χ1v) is 19.7. The van der Waals surface area contributed by atoms with Gasteiger partial charge < -0.3 is 9.13 Å². The van der Waals surface area contributed by atoms with Gasteiger partial charge in [0.25, 0.3) is 0 Å². The molecule has 0 bridgehead atoms. The Morgan fingerprint density at radius 3 is 1.04 bits per heavy atom. The fourth-order valence-corrected chi connectivity index (χ4v) is 8.89. The van der Waals surface area contributed by atoms with E-state index in [9.17, 15) is 0 Å². The maximum Gasteiger partial charge on any atom is 0.0804 e. The SMILES string of the molecule is Brc1ccc2c(c1)n(-c1ccccc1-c1ccccc1-c1ccccc1)c1c3ccc(Br)cc3n(-c3ccccc3-c3ccccc3-c3ccccc3)c21. The second-order valence-electron chi connectivity index (χ2n) is 13.5. The first-order chi connectivity index (χ1) is 26.7. The Balaban J connectivity index is 1.32. The summed E-state index contributed by atoms with van der Waals surface area (Å²) in [7, 11) is 0. The number of para-hydroxylation sites is 2. The Hall–Kier alpha value is -5.94. The summed E-state index contributed by atoms with van der Waals surface area (Å²) in [6, 6.07) is 70.0. The Labute approximate surface area is 330 Å². The molecular formula is C50H32Br2N2. The van der Waals surface area contributed by atoms with Gasteiger partial charge >= 0.3 is 0 Å². The Morgan fingerprint density at radius 2 is 0.630 bits per heavy atom. The molecule has 2 nitrogen and oxygen atoms in total. The van der Waals surface area contributed by atoms with Gasteiger partial charge in [-0.1, -0.05) is 177 Å². The van der Waals surface area contributed by atoms with Crippen molar-refractivity contribution in [2.24, 2.45) is 0 Å². The van der Waals surface area contributed by atoms with Crippen LogP contribution in [0.25, 0.3) is 88.7 Å². The lowest BCUT2D eigenvalue weighted by molar-refractivity contribution is 1.17. The maximum atomic E-state index is 3.86. The minimum atomic E-state index is 1.04. The minimum absolute atomic E-state index is 1.04. The number of benzene rings is 8. The van der Waals surface area contributed by atoms with Gasteiger partial charge in [0, 0.05) is 30.8 Å². The number of aromatic nitrogens is 2. The molecule has 54 heavy (non-hydrogen) atoms. The van der Waals surface area contributed by atoms with Crippen LogP contribution in [0.4, 0.5) is 0 Å². The van der Waals surface area contributed by atoms with Gasteiger partial charge in [0.05, 0.1) is 33.4 Å². The monoisotopic (exact) mass is 818 g/mol. The van der Waals surface area contributed by atoms with E-state index in [2.05, 4.69) is 235 Å². The predicted octanol–water partition coefficient (Wildman–Crippen LogP) is 14.9. The smallest absolute Gasteiger partial charge is 0.0804 e. The van der Waals surface area contributed by atoms with E-state index in [-0.39, 0.29) is 0 Å². The average Bonchev–Trinajstić information content (AvgIpc) is 3.72. The first kappa shape index (κ1) is 32.7. The van der Waals surface area contributed by atoms with Crippen LogP contribution in [-0.2, 0) is 0 Å². The van der Waals surface area contributed by atoms with Crippen LogP contribution < -0.4 is 0 Å². The summed E-state index contributed by atoms with van der Waals surface area (Å²) in [4.78, 5) is 0. The first-order valence-electron chi connectivity index (χ1n) is 18.1. The van der Waals surface area contributed by atoms with Crippen LogP contribution in [0, 0.1) is 0 Å². The molecule has 8 aromatic carbocycles. The summed E-state index contributed by atoms with van der Waals surface area (Å²) in [5.74, 6) is 0. The molecule has 4 heteroatoms. The third kappa shape index (κ3) is 5.36. The highest BCUT2D eigenvalue weighted by Crippen LogP contribution is 2.46. The Kier molecular flexibility index (Phi) is 8.16. The van der Waals surface area contributed by atoms with Crippen LogP contribution >= 0.6 is 31.9 Å². The predicted molar refractivity (Wildman–Crippen MR) is 235 cm³/mol. The lowest BCUT2D eigenvalue weighted by Crippen LogP contribution is -1.98. The van der Waals surface area contributed by atoms with Crippen LogP contribution in [-0.4, -0.2) is 9.13 Å². The van der Waals surface area contributed by atoms with E-state index in [0.29, 0.717) is 0 Å². The topological polar surface area (TPSA) is 9.86 Å². The molecule has 0 atom stereocenters. The highest BCUT2D eigenvalue weighted by Gasteiger charge is 2.26. The fourth-order valence-electron chi connectivity index (χ4n) is 8.20. The summed E-state index contributed by atoms with van der Waals surface area (Å²) >= 11 is 7.72. The average molecular weight is 821 g/mol. The van der Waals surface area contributed by atoms with Crippen molar-refractivity contribution >= 4 is 64.7 Å². The van der Waals surface area contributed by atoms with Gasteiger partial charge in [-0.3, -0.25) is 0 Å². The molecule has 0 spiro atoms. The third-order valence-corrected chi connectivity index (χ3v) is 11.5. The van der Waals surface area contributed by atoms with Crippen molar-refractivity contribution in [1.82, 2.24) is 9.13 Å². The molecule has 0 N–H and O–H groups in total. The summed E-state index contributed by atoms with van der Waals surface area (Å²) in [5.41, 5.74) is 16.4. The largest absolute Gasteiger partial charge is 0.306 e. The number of hydrogen-bond acceptors (Lipinski definition) is 0. The van der Waals surface area contributed by atoms with E-state index >= 15 is 0 Å². The van der Waals surface area contributed by atoms with E-state index in [4.69, 9.17) is 0 Å². The highest BCUT2D eigenvalue weighted by molar-refractivity contribution is 9.10. The van der Waals surface area contributed by atoms with E-state index < -0.39 is 0 Å². The number of nitrogens with zero attached hydrogens (tertiary/aromatic N) is 2. The van der Waals surface area contributed by atoms with Crippen molar-refractivity contribution in [3.05, 3.63) is 203 Å². The molecule has 0 unspecified atom stereocenters. The lowest BCUT2D eigenvalue weighted by atomic mass is 9.93. The van der Waals surface area contributed by atoms with E-state index in [1.54, 1.807) is 0 Å². The van der Waals surface area contributed by atoms with Crippen molar-refractivity contribution in [1.29, 1.82) is 0 Å². The molecule has 0 fully saturated rings. The summed E-state index contributed by atoms with van der Waals surface area (Å²) in [5, 5.41) is 2.36. The van der Waals surface area contributed by atoms with Gasteiger partial charge in [0.1, 0.15) is 0 Å². The fraction of sp³-hybridized carbons (Fsp3) is 0. The van der Waals surface area contributed by atoms with Gasteiger partial charge in [0.2, 0.25) is 0 Å². The summed E-state index contributed by atoms with van der Waals surface area (Å²) in [6.07, 6.45) is 0. The Bertz CT molecular complexity index is 2800. The normalized spacial score (nSPS) is 11.5. The van der Waals surface area contributed by atoms with E-state index in [0.717, 1.165) is 31.4 Å². The summed E-state index contributed by atoms with van der Waals surface area (Å²) in [6.45, 7) is 0. The standard InChI is InChI=1S/C50H32Br2N2/c51-35-27-29-43-47(31-35)53(45-25-13-11-23-41(45)39-21-9-7-19-37(39)33-15-3-1-4-16-33)49-44-30-28-36(52)32-48(44)54(50(43)49)46-26-14-12-24-42(46)40-22-10-8-20-38(40)34-17-5-2-6-18-34/h1-32H. The molecular weight excluding hydrogens is 788 g/mol. The van der Waals surface area contributed by atoms with Crippen molar-refractivity contribution < 1.29 is 0 Å². The zero-order chi connectivity index (χ0) is 36.2. The molecule has 256 valence electrons. The molecule has 10 aromatic rings. The number of fused-ring (bicyclic) bond motifs is 5. The molecule has 0 saturated carbocycles. The van der Waals surface area contributed by atoms with Gasteiger partial charge in [-0.15, -0.1) is 0 Å². The van der Waals surface area contributed by atoms with E-state index in [1.165, 1.54) is 66.3 Å². The molecule has 0 aliphatic rings. The van der Waals surface area contributed by atoms with Crippen molar-refractivity contribution in [2.75, 3.05) is 0 Å². The van der Waals surface area contributed by atoms with E-state index in [1.807, 2.05) is 0 Å². The van der Waals surface area contributed by atoms with Gasteiger partial charge in [-0.2, -0.15) is 0 Å². The molecule has 10 rings (SSSR count). The van der Waals surface area contributed by atoms with Gasteiger partial charge in [-0.05, 0) is 81.9 Å². The molecule has 2 aromatic heterocycles. The van der Waals surface area contributed by atoms with Gasteiger partial charge in [-0.25, -0.2) is 0 Å². The molecule has 0 aliphatic heterocycles. The van der Waals surface area contributed by atoms with Crippen LogP contribution in [0.2, 0.25) is 0 Å². The minimum Gasteiger partial charge on any atom is -0.306 e. The van der Waals surface area contributed by atoms with Crippen LogP contribution in [0.1, 0.15) is 0 Å². The number of hydrogen-bond donors (Lipinski definition) is 0.